The van der Waals surface area contributed by atoms with Crippen LogP contribution in [-0.4, -0.2) is 49.2 Å². The fraction of sp³-hybridized carbons (Fsp3) is 0.562. The summed E-state index contributed by atoms with van der Waals surface area (Å²) in [5.41, 5.74) is 0.306. The molecule has 0 aliphatic carbocycles. The molecule has 0 radical (unpaired) electrons. The Bertz CT molecular complexity index is 484. The molecule has 5 nitrogen and oxygen atoms in total. The number of nitrogens with one attached hydrogen (secondary N) is 1. The number of aromatic hydroxyl groups is 1. The molecule has 1 aliphatic rings. The molecule has 5 heteroatoms. The third kappa shape index (κ3) is 3.67. The van der Waals surface area contributed by atoms with Gasteiger partial charge >= 0.3 is 0 Å². The number of hydrogen-bond acceptors (Lipinski definition) is 4. The van der Waals surface area contributed by atoms with Crippen LogP contribution in [0.15, 0.2) is 18.2 Å². The van der Waals surface area contributed by atoms with E-state index in [9.17, 15) is 9.90 Å². The van der Waals surface area contributed by atoms with Gasteiger partial charge in [-0.25, -0.2) is 0 Å². The number of carbonyl (C=O) groups excluding carboxylic acids is 1. The highest BCUT2D eigenvalue weighted by atomic mass is 16.5. The molecule has 116 valence electrons. The second kappa shape index (κ2) is 7.31. The minimum atomic E-state index is -0.139. The molecule has 1 aromatic carbocycles. The Labute approximate surface area is 125 Å². The first kappa shape index (κ1) is 15.6. The van der Waals surface area contributed by atoms with Crippen LogP contribution in [0.5, 0.6) is 11.5 Å². The van der Waals surface area contributed by atoms with Crippen LogP contribution in [0.25, 0.3) is 0 Å². The van der Waals surface area contributed by atoms with Crippen LogP contribution in [0.3, 0.4) is 0 Å². The largest absolute Gasteiger partial charge is 0.504 e. The zero-order chi connectivity index (χ0) is 15.2. The molecular formula is C16H24N2O3. The van der Waals surface area contributed by atoms with Crippen molar-refractivity contribution in [1.82, 2.24) is 10.2 Å². The first-order chi connectivity index (χ1) is 10.2. The SMILES string of the molecule is CCN(CC1CCCNC1)C(=O)c1cccc(OC)c1O. The van der Waals surface area contributed by atoms with Crippen LogP contribution in [-0.2, 0) is 0 Å². The van der Waals surface area contributed by atoms with E-state index in [0.29, 0.717) is 23.8 Å². The number of methoxy groups -OCH3 is 1. The predicted molar refractivity (Wildman–Crippen MR) is 81.8 cm³/mol. The summed E-state index contributed by atoms with van der Waals surface area (Å²) in [6, 6.07) is 5.01. The number of benzene rings is 1. The van der Waals surface area contributed by atoms with E-state index in [1.807, 2.05) is 6.92 Å². The van der Waals surface area contributed by atoms with E-state index >= 15 is 0 Å². The lowest BCUT2D eigenvalue weighted by atomic mass is 9.98. The number of piperidine rings is 1. The highest BCUT2D eigenvalue weighted by Crippen LogP contribution is 2.30. The maximum absolute atomic E-state index is 12.6. The van der Waals surface area contributed by atoms with Gasteiger partial charge < -0.3 is 20.1 Å². The second-order valence-electron chi connectivity index (χ2n) is 5.41. The first-order valence-electron chi connectivity index (χ1n) is 7.53. The van der Waals surface area contributed by atoms with Gasteiger partial charge in [-0.05, 0) is 50.9 Å². The van der Waals surface area contributed by atoms with Gasteiger partial charge in [-0.3, -0.25) is 4.79 Å². The molecule has 1 fully saturated rings. The first-order valence-corrected chi connectivity index (χ1v) is 7.53. The number of ether oxygens (including phenoxy) is 1. The zero-order valence-electron chi connectivity index (χ0n) is 12.8. The van der Waals surface area contributed by atoms with Crippen molar-refractivity contribution in [3.05, 3.63) is 23.8 Å². The van der Waals surface area contributed by atoms with Crippen LogP contribution in [0.4, 0.5) is 0 Å². The highest BCUT2D eigenvalue weighted by molar-refractivity contribution is 5.97. The Morgan fingerprint density at radius 1 is 1.52 bits per heavy atom. The summed E-state index contributed by atoms with van der Waals surface area (Å²) in [7, 11) is 1.48. The molecule has 1 heterocycles. The third-order valence-electron chi connectivity index (χ3n) is 4.00. The second-order valence-corrected chi connectivity index (χ2v) is 5.41. The number of phenols is 1. The maximum Gasteiger partial charge on any atom is 0.257 e. The molecule has 1 unspecified atom stereocenters. The summed E-state index contributed by atoms with van der Waals surface area (Å²) in [5, 5.41) is 13.5. The summed E-state index contributed by atoms with van der Waals surface area (Å²) < 4.78 is 5.07. The van der Waals surface area contributed by atoms with Crippen molar-refractivity contribution in [2.45, 2.75) is 19.8 Å². The number of rotatable bonds is 5. The van der Waals surface area contributed by atoms with Crippen molar-refractivity contribution in [3.8, 4) is 11.5 Å². The lowest BCUT2D eigenvalue weighted by Gasteiger charge is -2.29. The van der Waals surface area contributed by atoms with Gasteiger partial charge in [0.15, 0.2) is 11.5 Å². The molecule has 21 heavy (non-hydrogen) atoms. The van der Waals surface area contributed by atoms with Gasteiger partial charge in [0, 0.05) is 13.1 Å². The summed E-state index contributed by atoms with van der Waals surface area (Å²) in [4.78, 5) is 14.4. The lowest BCUT2D eigenvalue weighted by molar-refractivity contribution is 0.0725. The van der Waals surface area contributed by atoms with Gasteiger partial charge in [0.2, 0.25) is 0 Å². The van der Waals surface area contributed by atoms with Crippen LogP contribution < -0.4 is 10.1 Å². The zero-order valence-corrected chi connectivity index (χ0v) is 12.8. The summed E-state index contributed by atoms with van der Waals surface area (Å²) in [6.07, 6.45) is 2.29. The van der Waals surface area contributed by atoms with E-state index in [1.165, 1.54) is 7.11 Å². The van der Waals surface area contributed by atoms with Crippen molar-refractivity contribution in [2.75, 3.05) is 33.3 Å². The van der Waals surface area contributed by atoms with E-state index in [0.717, 1.165) is 32.5 Å². The molecule has 0 spiro atoms. The van der Waals surface area contributed by atoms with Crippen LogP contribution in [0.1, 0.15) is 30.1 Å². The Morgan fingerprint density at radius 3 is 2.95 bits per heavy atom. The van der Waals surface area contributed by atoms with Gasteiger partial charge in [0.05, 0.1) is 12.7 Å². The molecule has 0 aromatic heterocycles. The number of para-hydroxylation sites is 1. The molecule has 0 saturated carbocycles. The third-order valence-corrected chi connectivity index (χ3v) is 4.00. The average molecular weight is 292 g/mol. The molecule has 1 aliphatic heterocycles. The van der Waals surface area contributed by atoms with Crippen molar-refractivity contribution in [3.63, 3.8) is 0 Å². The summed E-state index contributed by atoms with van der Waals surface area (Å²) in [5.74, 6) is 0.594. The van der Waals surface area contributed by atoms with Gasteiger partial charge in [-0.2, -0.15) is 0 Å². The molecule has 1 amide bonds. The van der Waals surface area contributed by atoms with Gasteiger partial charge in [-0.15, -0.1) is 0 Å². The van der Waals surface area contributed by atoms with Gasteiger partial charge in [0.25, 0.3) is 5.91 Å². The maximum atomic E-state index is 12.6. The predicted octanol–water partition coefficient (Wildman–Crippen LogP) is 1.86. The summed E-state index contributed by atoms with van der Waals surface area (Å²) in [6.45, 7) is 5.33. The molecule has 2 rings (SSSR count). The van der Waals surface area contributed by atoms with Crippen molar-refractivity contribution in [1.29, 1.82) is 0 Å². The number of carbonyl (C=O) groups is 1. The van der Waals surface area contributed by atoms with Crippen molar-refractivity contribution >= 4 is 5.91 Å². The number of hydrogen-bond donors (Lipinski definition) is 2. The smallest absolute Gasteiger partial charge is 0.257 e. The molecule has 1 aromatic rings. The molecular weight excluding hydrogens is 268 g/mol. The quantitative estimate of drug-likeness (QED) is 0.869. The fourth-order valence-corrected chi connectivity index (χ4v) is 2.78. The Hall–Kier alpha value is -1.75. The van der Waals surface area contributed by atoms with Crippen molar-refractivity contribution < 1.29 is 14.6 Å². The molecule has 1 saturated heterocycles. The summed E-state index contributed by atoms with van der Waals surface area (Å²) >= 11 is 0. The number of nitrogens with zero attached hydrogens (tertiary/aromatic N) is 1. The van der Waals surface area contributed by atoms with E-state index in [1.54, 1.807) is 23.1 Å². The number of phenolic OH excluding ortho intramolecular Hbond substituents is 1. The van der Waals surface area contributed by atoms with Crippen LogP contribution in [0.2, 0.25) is 0 Å². The lowest BCUT2D eigenvalue weighted by Crippen LogP contribution is -2.41. The van der Waals surface area contributed by atoms with E-state index in [4.69, 9.17) is 4.74 Å². The normalized spacial score (nSPS) is 18.3. The standard InChI is InChI=1S/C16H24N2O3/c1-3-18(11-12-6-5-9-17-10-12)16(20)13-7-4-8-14(21-2)15(13)19/h4,7-8,12,17,19H,3,5-6,9-11H2,1-2H3. The van der Waals surface area contributed by atoms with Gasteiger partial charge in [-0.1, -0.05) is 6.07 Å². The van der Waals surface area contributed by atoms with Crippen LogP contribution in [0, 0.1) is 5.92 Å². The minimum absolute atomic E-state index is 0.0785. The van der Waals surface area contributed by atoms with Crippen molar-refractivity contribution in [2.24, 2.45) is 5.92 Å². The van der Waals surface area contributed by atoms with E-state index in [2.05, 4.69) is 5.32 Å². The monoisotopic (exact) mass is 292 g/mol. The fourth-order valence-electron chi connectivity index (χ4n) is 2.78. The Balaban J connectivity index is 2.12. The number of amides is 1. The Kier molecular flexibility index (Phi) is 5.44. The molecule has 0 bridgehead atoms. The molecule has 2 N–H and O–H groups in total. The van der Waals surface area contributed by atoms with E-state index < -0.39 is 0 Å². The van der Waals surface area contributed by atoms with E-state index in [-0.39, 0.29) is 11.7 Å². The Morgan fingerprint density at radius 2 is 2.33 bits per heavy atom. The molecule has 1 atom stereocenters. The van der Waals surface area contributed by atoms with Gasteiger partial charge in [0.1, 0.15) is 0 Å². The average Bonchev–Trinajstić information content (AvgIpc) is 2.53. The topological polar surface area (TPSA) is 61.8 Å². The highest BCUT2D eigenvalue weighted by Gasteiger charge is 2.23. The van der Waals surface area contributed by atoms with Crippen LogP contribution >= 0.6 is 0 Å². The minimum Gasteiger partial charge on any atom is -0.504 e.